The van der Waals surface area contributed by atoms with Crippen LogP contribution in [0.2, 0.25) is 0 Å². The fraction of sp³-hybridized carbons (Fsp3) is 0.667. The van der Waals surface area contributed by atoms with Gasteiger partial charge in [0.05, 0.1) is 0 Å². The number of rotatable bonds is 3. The zero-order chi connectivity index (χ0) is 13.8. The van der Waals surface area contributed by atoms with Gasteiger partial charge in [-0.3, -0.25) is 4.90 Å². The van der Waals surface area contributed by atoms with E-state index in [9.17, 15) is 0 Å². The Balaban J connectivity index is 1.58. The van der Waals surface area contributed by atoms with Gasteiger partial charge in [-0.1, -0.05) is 43.7 Å². The van der Waals surface area contributed by atoms with Crippen LogP contribution < -0.4 is 5.32 Å². The summed E-state index contributed by atoms with van der Waals surface area (Å²) in [5, 5.41) is 3.68. The molecular weight excluding hydrogens is 244 g/mol. The molecule has 2 nitrogen and oxygen atoms in total. The summed E-state index contributed by atoms with van der Waals surface area (Å²) in [6.07, 6.45) is 7.10. The molecule has 2 fully saturated rings. The molecule has 1 saturated carbocycles. The van der Waals surface area contributed by atoms with Gasteiger partial charge in [0.2, 0.25) is 0 Å². The Bertz CT molecular complexity index is 395. The van der Waals surface area contributed by atoms with Gasteiger partial charge in [-0.25, -0.2) is 0 Å². The van der Waals surface area contributed by atoms with Crippen LogP contribution in [0.25, 0.3) is 0 Å². The van der Waals surface area contributed by atoms with Gasteiger partial charge in [-0.2, -0.15) is 0 Å². The van der Waals surface area contributed by atoms with E-state index in [2.05, 4.69) is 47.5 Å². The van der Waals surface area contributed by atoms with Crippen LogP contribution in [0, 0.1) is 5.92 Å². The molecule has 20 heavy (non-hydrogen) atoms. The van der Waals surface area contributed by atoms with Crippen molar-refractivity contribution in [1.29, 1.82) is 0 Å². The molecule has 1 aliphatic carbocycles. The highest BCUT2D eigenvalue weighted by atomic mass is 15.2. The average Bonchev–Trinajstić information content (AvgIpc) is 2.56. The summed E-state index contributed by atoms with van der Waals surface area (Å²) < 4.78 is 0. The third-order valence-corrected chi connectivity index (χ3v) is 5.32. The van der Waals surface area contributed by atoms with E-state index in [1.807, 2.05) is 0 Å². The second-order valence-corrected chi connectivity index (χ2v) is 6.50. The predicted molar refractivity (Wildman–Crippen MR) is 84.8 cm³/mol. The van der Waals surface area contributed by atoms with Gasteiger partial charge in [-0.05, 0) is 37.2 Å². The molecule has 1 aromatic rings. The molecule has 3 rings (SSSR count). The van der Waals surface area contributed by atoms with E-state index in [0.717, 1.165) is 18.5 Å². The molecule has 1 saturated heterocycles. The van der Waals surface area contributed by atoms with Crippen LogP contribution in [0.5, 0.6) is 0 Å². The summed E-state index contributed by atoms with van der Waals surface area (Å²) in [5.41, 5.74) is 1.44. The summed E-state index contributed by atoms with van der Waals surface area (Å²) >= 11 is 0. The Morgan fingerprint density at radius 1 is 1.10 bits per heavy atom. The highest BCUT2D eigenvalue weighted by Gasteiger charge is 2.29. The highest BCUT2D eigenvalue weighted by Crippen LogP contribution is 2.31. The molecule has 1 aromatic carbocycles. The number of piperazine rings is 1. The summed E-state index contributed by atoms with van der Waals surface area (Å²) in [6, 6.07) is 12.3. The summed E-state index contributed by atoms with van der Waals surface area (Å²) in [6.45, 7) is 5.89. The molecular formula is C18H28N2. The number of nitrogens with one attached hydrogen (secondary N) is 1. The van der Waals surface area contributed by atoms with Gasteiger partial charge >= 0.3 is 0 Å². The largest absolute Gasteiger partial charge is 0.308 e. The van der Waals surface area contributed by atoms with Gasteiger partial charge in [0.15, 0.2) is 0 Å². The number of hydrogen-bond acceptors (Lipinski definition) is 2. The molecule has 1 atom stereocenters. The van der Waals surface area contributed by atoms with Crippen molar-refractivity contribution in [2.75, 3.05) is 19.6 Å². The standard InChI is InChI=1S/C18H28N2/c1-2-15-8-10-17(11-9-15)20-13-12-19-18(14-20)16-6-4-3-5-7-16/h3-7,15,17-19H,2,8-14H2,1H3. The van der Waals surface area contributed by atoms with Crippen molar-refractivity contribution in [1.82, 2.24) is 10.2 Å². The number of hydrogen-bond donors (Lipinski definition) is 1. The monoisotopic (exact) mass is 272 g/mol. The quantitative estimate of drug-likeness (QED) is 0.904. The Morgan fingerprint density at radius 3 is 2.55 bits per heavy atom. The Morgan fingerprint density at radius 2 is 1.85 bits per heavy atom. The molecule has 1 unspecified atom stereocenters. The average molecular weight is 272 g/mol. The highest BCUT2D eigenvalue weighted by molar-refractivity contribution is 5.19. The normalized spacial score (nSPS) is 32.1. The molecule has 2 aliphatic rings. The predicted octanol–water partition coefficient (Wildman–Crippen LogP) is 3.60. The molecule has 0 bridgehead atoms. The lowest BCUT2D eigenvalue weighted by Crippen LogP contribution is -2.50. The fourth-order valence-corrected chi connectivity index (χ4v) is 3.93. The first-order valence-electron chi connectivity index (χ1n) is 8.39. The molecule has 0 spiro atoms. The second kappa shape index (κ2) is 6.73. The van der Waals surface area contributed by atoms with Crippen LogP contribution in [0.1, 0.15) is 50.6 Å². The van der Waals surface area contributed by atoms with E-state index in [1.165, 1.54) is 50.8 Å². The number of benzene rings is 1. The van der Waals surface area contributed by atoms with Crippen LogP contribution in [-0.2, 0) is 0 Å². The maximum absolute atomic E-state index is 3.68. The first-order valence-corrected chi connectivity index (χ1v) is 8.39. The first-order chi connectivity index (χ1) is 9.86. The Labute approximate surface area is 123 Å². The van der Waals surface area contributed by atoms with Crippen LogP contribution in [0.3, 0.4) is 0 Å². The minimum atomic E-state index is 0.522. The van der Waals surface area contributed by atoms with Gasteiger partial charge in [0.25, 0.3) is 0 Å². The van der Waals surface area contributed by atoms with E-state index >= 15 is 0 Å². The Kier molecular flexibility index (Phi) is 4.74. The molecule has 0 radical (unpaired) electrons. The van der Waals surface area contributed by atoms with Gasteiger partial charge in [0, 0.05) is 31.7 Å². The van der Waals surface area contributed by atoms with E-state index in [0.29, 0.717) is 6.04 Å². The van der Waals surface area contributed by atoms with Crippen molar-refractivity contribution in [2.45, 2.75) is 51.1 Å². The minimum Gasteiger partial charge on any atom is -0.308 e. The first kappa shape index (κ1) is 14.1. The van der Waals surface area contributed by atoms with Gasteiger partial charge in [-0.15, -0.1) is 0 Å². The smallest absolute Gasteiger partial charge is 0.0449 e. The lowest BCUT2D eigenvalue weighted by Gasteiger charge is -2.42. The zero-order valence-corrected chi connectivity index (χ0v) is 12.7. The van der Waals surface area contributed by atoms with E-state index in [-0.39, 0.29) is 0 Å². The van der Waals surface area contributed by atoms with Gasteiger partial charge < -0.3 is 5.32 Å². The van der Waals surface area contributed by atoms with Crippen molar-refractivity contribution < 1.29 is 0 Å². The van der Waals surface area contributed by atoms with Crippen molar-refractivity contribution in [3.63, 3.8) is 0 Å². The molecule has 1 N–H and O–H groups in total. The Hall–Kier alpha value is -0.860. The van der Waals surface area contributed by atoms with Crippen LogP contribution in [0.15, 0.2) is 30.3 Å². The van der Waals surface area contributed by atoms with Crippen LogP contribution in [0.4, 0.5) is 0 Å². The van der Waals surface area contributed by atoms with Crippen molar-refractivity contribution in [3.8, 4) is 0 Å². The summed E-state index contributed by atoms with van der Waals surface area (Å²) in [4.78, 5) is 2.75. The third-order valence-electron chi connectivity index (χ3n) is 5.32. The second-order valence-electron chi connectivity index (χ2n) is 6.50. The topological polar surface area (TPSA) is 15.3 Å². The minimum absolute atomic E-state index is 0.522. The summed E-state index contributed by atoms with van der Waals surface area (Å²) in [7, 11) is 0. The lowest BCUT2D eigenvalue weighted by atomic mass is 9.83. The van der Waals surface area contributed by atoms with E-state index in [1.54, 1.807) is 0 Å². The van der Waals surface area contributed by atoms with Crippen molar-refractivity contribution in [2.24, 2.45) is 5.92 Å². The maximum atomic E-state index is 3.68. The van der Waals surface area contributed by atoms with Crippen molar-refractivity contribution in [3.05, 3.63) is 35.9 Å². The molecule has 0 aromatic heterocycles. The fourth-order valence-electron chi connectivity index (χ4n) is 3.93. The van der Waals surface area contributed by atoms with E-state index < -0.39 is 0 Å². The van der Waals surface area contributed by atoms with E-state index in [4.69, 9.17) is 0 Å². The summed E-state index contributed by atoms with van der Waals surface area (Å²) in [5.74, 6) is 0.999. The van der Waals surface area contributed by atoms with Crippen molar-refractivity contribution >= 4 is 0 Å². The molecule has 0 amide bonds. The van der Waals surface area contributed by atoms with Crippen LogP contribution in [-0.4, -0.2) is 30.6 Å². The third kappa shape index (κ3) is 3.24. The molecule has 2 heteroatoms. The molecule has 110 valence electrons. The molecule has 1 heterocycles. The van der Waals surface area contributed by atoms with Gasteiger partial charge in [0.1, 0.15) is 0 Å². The maximum Gasteiger partial charge on any atom is 0.0449 e. The zero-order valence-electron chi connectivity index (χ0n) is 12.7. The van der Waals surface area contributed by atoms with Crippen LogP contribution >= 0.6 is 0 Å². The number of nitrogens with zero attached hydrogens (tertiary/aromatic N) is 1. The molecule has 1 aliphatic heterocycles. The lowest BCUT2D eigenvalue weighted by molar-refractivity contribution is 0.101. The SMILES string of the molecule is CCC1CCC(N2CCNC(c3ccccc3)C2)CC1.